The van der Waals surface area contributed by atoms with Gasteiger partial charge in [-0.2, -0.15) is 8.78 Å². The zero-order valence-electron chi connectivity index (χ0n) is 10.5. The van der Waals surface area contributed by atoms with Crippen molar-refractivity contribution >= 4 is 15.9 Å². The van der Waals surface area contributed by atoms with Crippen LogP contribution in [0.15, 0.2) is 0 Å². The summed E-state index contributed by atoms with van der Waals surface area (Å²) in [4.78, 5) is 10.7. The van der Waals surface area contributed by atoms with Crippen LogP contribution in [0.4, 0.5) is 17.6 Å². The molecule has 0 unspecified atom stereocenters. The minimum atomic E-state index is -4.73. The van der Waals surface area contributed by atoms with Gasteiger partial charge in [0.15, 0.2) is 0 Å². The van der Waals surface area contributed by atoms with Crippen LogP contribution in [-0.4, -0.2) is 56.9 Å². The van der Waals surface area contributed by atoms with E-state index < -0.39 is 28.3 Å². The smallest absolute Gasteiger partial charge is 0.351 e. The van der Waals surface area contributed by atoms with Crippen molar-refractivity contribution < 1.29 is 30.8 Å². The fourth-order valence-electron chi connectivity index (χ4n) is 1.23. The number of halogens is 4. The molecule has 1 N–H and O–H groups in total. The Hall–Kier alpha value is -0.900. The van der Waals surface area contributed by atoms with Gasteiger partial charge in [0.25, 0.3) is 5.91 Å². The number of carbonyl (C=O) groups excluding carboxylic acids is 1. The predicted octanol–water partition coefficient (Wildman–Crippen LogP) is 0.675. The summed E-state index contributed by atoms with van der Waals surface area (Å²) >= 11 is 0. The first kappa shape index (κ1) is 18.1. The Morgan fingerprint density at radius 1 is 1.37 bits per heavy atom. The molecule has 0 fully saturated rings. The second-order valence-electron chi connectivity index (χ2n) is 3.79. The molecule has 0 radical (unpaired) electrons. The summed E-state index contributed by atoms with van der Waals surface area (Å²) in [5.41, 5.74) is 0. The van der Waals surface area contributed by atoms with E-state index in [-0.39, 0.29) is 26.1 Å². The van der Waals surface area contributed by atoms with Crippen LogP contribution in [0.25, 0.3) is 0 Å². The summed E-state index contributed by atoms with van der Waals surface area (Å²) in [6.45, 7) is 1.48. The average Bonchev–Trinajstić information content (AvgIpc) is 2.26. The number of hydrogen-bond donors (Lipinski definition) is 1. The number of hydrogen-bond acceptors (Lipinski definition) is 3. The molecular weight excluding hydrogens is 292 g/mol. The molecule has 0 rings (SSSR count). The predicted molar refractivity (Wildman–Crippen MR) is 60.7 cm³/mol. The van der Waals surface area contributed by atoms with Gasteiger partial charge in [0.05, 0.1) is 6.26 Å². The molecule has 5 nitrogen and oxygen atoms in total. The van der Waals surface area contributed by atoms with Crippen LogP contribution in [0.1, 0.15) is 13.3 Å². The van der Waals surface area contributed by atoms with Crippen molar-refractivity contribution in [2.45, 2.75) is 25.7 Å². The number of nitrogens with zero attached hydrogens (tertiary/aromatic N) is 1. The Bertz CT molecular complexity index is 400. The average molecular weight is 308 g/mol. The number of alkyl halides is 4. The monoisotopic (exact) mass is 308 g/mol. The second-order valence-corrected chi connectivity index (χ2v) is 5.77. The zero-order valence-corrected chi connectivity index (χ0v) is 11.3. The summed E-state index contributed by atoms with van der Waals surface area (Å²) in [5, 5.41) is 1.64. The summed E-state index contributed by atoms with van der Waals surface area (Å²) in [6.07, 6.45) is -3.04. The molecule has 0 saturated heterocycles. The highest BCUT2D eigenvalue weighted by atomic mass is 32.2. The fraction of sp³-hybridized carbons (Fsp3) is 0.889. The van der Waals surface area contributed by atoms with E-state index >= 15 is 0 Å². The first-order valence-corrected chi connectivity index (χ1v) is 7.27. The van der Waals surface area contributed by atoms with Crippen molar-refractivity contribution in [2.24, 2.45) is 0 Å². The van der Waals surface area contributed by atoms with Crippen molar-refractivity contribution in [3.63, 3.8) is 0 Å². The molecule has 10 heteroatoms. The minimum absolute atomic E-state index is 0.00979. The lowest BCUT2D eigenvalue weighted by molar-refractivity contribution is -0.169. The van der Waals surface area contributed by atoms with Crippen LogP contribution in [-0.2, 0) is 14.8 Å². The van der Waals surface area contributed by atoms with Crippen LogP contribution >= 0.6 is 0 Å². The Balaban J connectivity index is 4.16. The molecule has 19 heavy (non-hydrogen) atoms. The third-order valence-electron chi connectivity index (χ3n) is 2.27. The van der Waals surface area contributed by atoms with Gasteiger partial charge < -0.3 is 5.32 Å². The Labute approximate surface area is 109 Å². The Kier molecular flexibility index (Phi) is 6.70. The zero-order chi connectivity index (χ0) is 15.3. The van der Waals surface area contributed by atoms with E-state index in [1.54, 1.807) is 12.2 Å². The van der Waals surface area contributed by atoms with Crippen molar-refractivity contribution in [1.82, 2.24) is 9.62 Å². The third kappa shape index (κ3) is 5.72. The molecule has 0 aromatic heterocycles. The molecule has 0 aromatic carbocycles. The normalized spacial score (nSPS) is 13.1. The lowest BCUT2D eigenvalue weighted by atomic mass is 10.3. The molecule has 0 bridgehead atoms. The van der Waals surface area contributed by atoms with Gasteiger partial charge in [-0.05, 0) is 6.42 Å². The third-order valence-corrected chi connectivity index (χ3v) is 3.65. The number of rotatable bonds is 8. The molecule has 0 aliphatic heterocycles. The van der Waals surface area contributed by atoms with Crippen LogP contribution in [0, 0.1) is 0 Å². The first-order chi connectivity index (χ1) is 8.53. The van der Waals surface area contributed by atoms with E-state index in [1.807, 2.05) is 0 Å². The highest BCUT2D eigenvalue weighted by Gasteiger charge is 2.48. The molecule has 0 heterocycles. The maximum Gasteiger partial charge on any atom is 0.383 e. The number of sulfonamides is 1. The van der Waals surface area contributed by atoms with Gasteiger partial charge in [0, 0.05) is 19.6 Å². The van der Waals surface area contributed by atoms with Crippen molar-refractivity contribution in [3.05, 3.63) is 0 Å². The van der Waals surface area contributed by atoms with Crippen molar-refractivity contribution in [1.29, 1.82) is 0 Å². The van der Waals surface area contributed by atoms with Gasteiger partial charge in [0.1, 0.15) is 0 Å². The quantitative estimate of drug-likeness (QED) is 0.529. The lowest BCUT2D eigenvalue weighted by Gasteiger charge is -2.18. The summed E-state index contributed by atoms with van der Waals surface area (Å²) in [5.74, 6) is -6.80. The van der Waals surface area contributed by atoms with Gasteiger partial charge in [-0.1, -0.05) is 6.92 Å². The maximum atomic E-state index is 12.5. The van der Waals surface area contributed by atoms with Crippen molar-refractivity contribution in [2.75, 3.05) is 25.9 Å². The standard InChI is InChI=1S/C9H16F4N2O3S/c1-3-15(19(2,17)18)6-4-5-14-8(16)9(12,13)7(10)11/h7H,3-6H2,1-2H3,(H,14,16). The van der Waals surface area contributed by atoms with Gasteiger partial charge in [-0.3, -0.25) is 4.79 Å². The lowest BCUT2D eigenvalue weighted by Crippen LogP contribution is -2.46. The van der Waals surface area contributed by atoms with E-state index in [0.29, 0.717) is 0 Å². The molecule has 0 spiro atoms. The van der Waals surface area contributed by atoms with Crippen molar-refractivity contribution in [3.8, 4) is 0 Å². The van der Waals surface area contributed by atoms with E-state index in [1.165, 1.54) is 0 Å². The first-order valence-electron chi connectivity index (χ1n) is 5.42. The number of amides is 1. The van der Waals surface area contributed by atoms with E-state index in [4.69, 9.17) is 0 Å². The minimum Gasteiger partial charge on any atom is -0.351 e. The largest absolute Gasteiger partial charge is 0.383 e. The fourth-order valence-corrected chi connectivity index (χ4v) is 2.16. The molecule has 0 aromatic rings. The van der Waals surface area contributed by atoms with Gasteiger partial charge in [-0.15, -0.1) is 0 Å². The topological polar surface area (TPSA) is 66.5 Å². The SMILES string of the molecule is CCN(CCCNC(=O)C(F)(F)C(F)F)S(C)(=O)=O. The van der Waals surface area contributed by atoms with Gasteiger partial charge in [0.2, 0.25) is 10.0 Å². The highest BCUT2D eigenvalue weighted by molar-refractivity contribution is 7.88. The van der Waals surface area contributed by atoms with Crippen LogP contribution in [0.3, 0.4) is 0 Å². The van der Waals surface area contributed by atoms with Crippen LogP contribution in [0.5, 0.6) is 0 Å². The molecule has 0 saturated carbocycles. The molecule has 114 valence electrons. The van der Waals surface area contributed by atoms with Crippen LogP contribution in [0.2, 0.25) is 0 Å². The number of carbonyl (C=O) groups is 1. The summed E-state index contributed by atoms with van der Waals surface area (Å²) in [6, 6.07) is 0. The Morgan fingerprint density at radius 2 is 1.89 bits per heavy atom. The molecule has 0 aliphatic carbocycles. The van der Waals surface area contributed by atoms with E-state index in [0.717, 1.165) is 10.6 Å². The number of nitrogens with one attached hydrogen (secondary N) is 1. The molecule has 1 amide bonds. The maximum absolute atomic E-state index is 12.5. The summed E-state index contributed by atoms with van der Waals surface area (Å²) < 4.78 is 72.0. The second kappa shape index (κ2) is 7.04. The van der Waals surface area contributed by atoms with E-state index in [9.17, 15) is 30.8 Å². The van der Waals surface area contributed by atoms with Gasteiger partial charge >= 0.3 is 12.3 Å². The highest BCUT2D eigenvalue weighted by Crippen LogP contribution is 2.22. The Morgan fingerprint density at radius 3 is 2.26 bits per heavy atom. The molecular formula is C9H16F4N2O3S. The molecule has 0 aliphatic rings. The van der Waals surface area contributed by atoms with Gasteiger partial charge in [-0.25, -0.2) is 21.5 Å². The van der Waals surface area contributed by atoms with E-state index in [2.05, 4.69) is 0 Å². The summed E-state index contributed by atoms with van der Waals surface area (Å²) in [7, 11) is -3.41. The van der Waals surface area contributed by atoms with Crippen LogP contribution < -0.4 is 5.32 Å². The molecule has 0 atom stereocenters.